The fourth-order valence-corrected chi connectivity index (χ4v) is 4.06. The molecule has 1 heterocycles. The van der Waals surface area contributed by atoms with Crippen LogP contribution in [0.5, 0.6) is 0 Å². The van der Waals surface area contributed by atoms with Gasteiger partial charge in [-0.15, -0.1) is 0 Å². The highest BCUT2D eigenvalue weighted by molar-refractivity contribution is 7.22. The van der Waals surface area contributed by atoms with Gasteiger partial charge in [-0.05, 0) is 61.0 Å². The molecule has 156 valence electrons. The number of aryl methyl sites for hydroxylation is 1. The smallest absolute Gasteiger partial charge is 0.320 e. The topological polar surface area (TPSA) is 83.1 Å². The van der Waals surface area contributed by atoms with Gasteiger partial charge >= 0.3 is 6.03 Å². The molecule has 0 aliphatic rings. The number of fused-ring (bicyclic) bond motifs is 1. The Hall–Kier alpha value is -3.49. The minimum absolute atomic E-state index is 0.296. The molecule has 0 atom stereocenters. The molecule has 0 saturated carbocycles. The Labute approximate surface area is 186 Å². The van der Waals surface area contributed by atoms with E-state index in [1.165, 1.54) is 35.6 Å². The van der Waals surface area contributed by atoms with Crippen molar-refractivity contribution in [1.29, 1.82) is 0 Å². The number of carbonyl (C=O) groups excluding carboxylic acids is 2. The Bertz CT molecular complexity index is 1270. The van der Waals surface area contributed by atoms with Crippen LogP contribution in [0.3, 0.4) is 0 Å². The van der Waals surface area contributed by atoms with E-state index in [2.05, 4.69) is 20.9 Å². The van der Waals surface area contributed by atoms with Crippen LogP contribution in [0.4, 0.5) is 25.7 Å². The molecule has 3 amide bonds. The molecule has 0 aliphatic heterocycles. The van der Waals surface area contributed by atoms with Gasteiger partial charge in [-0.1, -0.05) is 35.1 Å². The second-order valence-electron chi connectivity index (χ2n) is 6.67. The van der Waals surface area contributed by atoms with Gasteiger partial charge in [0.15, 0.2) is 5.13 Å². The summed E-state index contributed by atoms with van der Waals surface area (Å²) in [6.45, 7) is 1.86. The summed E-state index contributed by atoms with van der Waals surface area (Å²) >= 11 is 7.42. The summed E-state index contributed by atoms with van der Waals surface area (Å²) in [5, 5.41) is 8.92. The molecule has 0 fully saturated rings. The van der Waals surface area contributed by atoms with Crippen molar-refractivity contribution in [3.8, 4) is 0 Å². The molecule has 0 spiro atoms. The zero-order chi connectivity index (χ0) is 22.0. The molecule has 31 heavy (non-hydrogen) atoms. The molecule has 9 heteroatoms. The zero-order valence-electron chi connectivity index (χ0n) is 16.2. The molecule has 0 saturated heterocycles. The number of nitrogens with zero attached hydrogens (tertiary/aromatic N) is 1. The van der Waals surface area contributed by atoms with Gasteiger partial charge in [-0.3, -0.25) is 10.1 Å². The van der Waals surface area contributed by atoms with Crippen molar-refractivity contribution < 1.29 is 14.0 Å². The molecule has 3 N–H and O–H groups in total. The van der Waals surface area contributed by atoms with E-state index >= 15 is 0 Å². The van der Waals surface area contributed by atoms with Crippen molar-refractivity contribution >= 4 is 61.6 Å². The first-order valence-electron chi connectivity index (χ1n) is 9.20. The molecule has 0 unspecified atom stereocenters. The van der Waals surface area contributed by atoms with Crippen molar-refractivity contribution in [1.82, 2.24) is 4.98 Å². The first-order chi connectivity index (χ1) is 14.9. The number of hydrogen-bond acceptors (Lipinski definition) is 4. The van der Waals surface area contributed by atoms with E-state index in [1.807, 2.05) is 19.1 Å². The van der Waals surface area contributed by atoms with Crippen LogP contribution in [0.1, 0.15) is 15.9 Å². The van der Waals surface area contributed by atoms with Gasteiger partial charge < -0.3 is 10.6 Å². The highest BCUT2D eigenvalue weighted by Crippen LogP contribution is 2.29. The number of hydrogen-bond donors (Lipinski definition) is 3. The van der Waals surface area contributed by atoms with Gasteiger partial charge in [0.2, 0.25) is 0 Å². The van der Waals surface area contributed by atoms with Gasteiger partial charge in [0.05, 0.1) is 20.9 Å². The standard InChI is InChI=1S/C22H16ClFN4O2S/c1-12-3-2-4-16(23)19(12)27-20(29)13-5-10-17-18(11-13)31-22(26-17)28-21(30)25-15-8-6-14(24)7-9-15/h2-11H,1H3,(H,27,29)(H2,25,26,28,30). The Morgan fingerprint density at radius 3 is 2.52 bits per heavy atom. The molecule has 0 radical (unpaired) electrons. The predicted octanol–water partition coefficient (Wildman–Crippen LogP) is 6.29. The summed E-state index contributed by atoms with van der Waals surface area (Å²) in [7, 11) is 0. The van der Waals surface area contributed by atoms with Crippen LogP contribution in [-0.4, -0.2) is 16.9 Å². The number of benzene rings is 3. The van der Waals surface area contributed by atoms with Crippen molar-refractivity contribution in [3.05, 3.63) is 82.6 Å². The molecule has 4 aromatic rings. The number of amides is 3. The van der Waals surface area contributed by atoms with E-state index in [9.17, 15) is 14.0 Å². The average Bonchev–Trinajstić information content (AvgIpc) is 3.13. The summed E-state index contributed by atoms with van der Waals surface area (Å²) in [4.78, 5) is 29.2. The first kappa shape index (κ1) is 20.8. The Morgan fingerprint density at radius 1 is 1.00 bits per heavy atom. The first-order valence-corrected chi connectivity index (χ1v) is 10.4. The molecule has 1 aromatic heterocycles. The van der Waals surface area contributed by atoms with Crippen LogP contribution in [0, 0.1) is 12.7 Å². The van der Waals surface area contributed by atoms with Gasteiger partial charge in [-0.2, -0.15) is 0 Å². The zero-order valence-corrected chi connectivity index (χ0v) is 17.8. The van der Waals surface area contributed by atoms with Crippen molar-refractivity contribution in [3.63, 3.8) is 0 Å². The summed E-state index contributed by atoms with van der Waals surface area (Å²) in [5.41, 5.74) is 2.97. The summed E-state index contributed by atoms with van der Waals surface area (Å²) in [6, 6.07) is 15.4. The SMILES string of the molecule is Cc1cccc(Cl)c1NC(=O)c1ccc2nc(NC(=O)Nc3ccc(F)cc3)sc2c1. The van der Waals surface area contributed by atoms with E-state index in [0.717, 1.165) is 10.3 Å². The molecular formula is C22H16ClFN4O2S. The van der Waals surface area contributed by atoms with Crippen molar-refractivity contribution in [2.75, 3.05) is 16.0 Å². The number of halogens is 2. The molecule has 3 aromatic carbocycles. The van der Waals surface area contributed by atoms with E-state index in [0.29, 0.717) is 32.6 Å². The largest absolute Gasteiger partial charge is 0.325 e. The summed E-state index contributed by atoms with van der Waals surface area (Å²) in [5.74, 6) is -0.684. The summed E-state index contributed by atoms with van der Waals surface area (Å²) < 4.78 is 13.7. The van der Waals surface area contributed by atoms with Crippen LogP contribution in [0.15, 0.2) is 60.7 Å². The van der Waals surface area contributed by atoms with Crippen molar-refractivity contribution in [2.45, 2.75) is 6.92 Å². The highest BCUT2D eigenvalue weighted by atomic mass is 35.5. The number of rotatable bonds is 4. The number of aromatic nitrogens is 1. The predicted molar refractivity (Wildman–Crippen MR) is 123 cm³/mol. The average molecular weight is 455 g/mol. The lowest BCUT2D eigenvalue weighted by Crippen LogP contribution is -2.19. The second-order valence-corrected chi connectivity index (χ2v) is 8.11. The third-order valence-corrected chi connectivity index (χ3v) is 5.68. The van der Waals surface area contributed by atoms with Crippen LogP contribution >= 0.6 is 22.9 Å². The fraction of sp³-hybridized carbons (Fsp3) is 0.0455. The van der Waals surface area contributed by atoms with E-state index in [4.69, 9.17) is 11.6 Å². The van der Waals surface area contributed by atoms with Crippen molar-refractivity contribution in [2.24, 2.45) is 0 Å². The third kappa shape index (κ3) is 4.82. The molecule has 0 aliphatic carbocycles. The van der Waals surface area contributed by atoms with Gasteiger partial charge in [0.25, 0.3) is 5.91 Å². The van der Waals surface area contributed by atoms with Crippen LogP contribution in [-0.2, 0) is 0 Å². The van der Waals surface area contributed by atoms with E-state index < -0.39 is 6.03 Å². The molecular weight excluding hydrogens is 439 g/mol. The Morgan fingerprint density at radius 2 is 1.77 bits per heavy atom. The fourth-order valence-electron chi connectivity index (χ4n) is 2.89. The van der Waals surface area contributed by atoms with Gasteiger partial charge in [-0.25, -0.2) is 14.2 Å². The minimum atomic E-state index is -0.502. The Balaban J connectivity index is 1.48. The highest BCUT2D eigenvalue weighted by Gasteiger charge is 2.14. The second kappa shape index (κ2) is 8.71. The number of nitrogens with one attached hydrogen (secondary N) is 3. The lowest BCUT2D eigenvalue weighted by molar-refractivity contribution is 0.102. The van der Waals surface area contributed by atoms with Crippen LogP contribution in [0.25, 0.3) is 10.2 Å². The maximum Gasteiger partial charge on any atom is 0.325 e. The maximum atomic E-state index is 13.0. The van der Waals surface area contributed by atoms with Crippen LogP contribution < -0.4 is 16.0 Å². The molecule has 4 rings (SSSR count). The van der Waals surface area contributed by atoms with Gasteiger partial charge in [0, 0.05) is 11.3 Å². The number of para-hydroxylation sites is 1. The van der Waals surface area contributed by atoms with E-state index in [-0.39, 0.29) is 11.7 Å². The number of urea groups is 1. The number of thiazole rings is 1. The maximum absolute atomic E-state index is 13.0. The van der Waals surface area contributed by atoms with E-state index in [1.54, 1.807) is 24.3 Å². The third-order valence-electron chi connectivity index (χ3n) is 4.43. The van der Waals surface area contributed by atoms with Crippen LogP contribution in [0.2, 0.25) is 5.02 Å². The van der Waals surface area contributed by atoms with Gasteiger partial charge in [0.1, 0.15) is 5.82 Å². The number of anilines is 3. The molecule has 0 bridgehead atoms. The molecule has 6 nitrogen and oxygen atoms in total. The lowest BCUT2D eigenvalue weighted by Gasteiger charge is -2.10. The monoisotopic (exact) mass is 454 g/mol. The Kier molecular flexibility index (Phi) is 5.83. The normalized spacial score (nSPS) is 10.7. The quantitative estimate of drug-likeness (QED) is 0.338. The minimum Gasteiger partial charge on any atom is -0.320 e. The lowest BCUT2D eigenvalue weighted by atomic mass is 10.1. The summed E-state index contributed by atoms with van der Waals surface area (Å²) in [6.07, 6.45) is 0. The number of carbonyl (C=O) groups is 2.